The van der Waals surface area contributed by atoms with Crippen LogP contribution in [0.3, 0.4) is 0 Å². The Morgan fingerprint density at radius 1 is 1.33 bits per heavy atom. The Labute approximate surface area is 114 Å². The summed E-state index contributed by atoms with van der Waals surface area (Å²) in [6.07, 6.45) is 3.23. The van der Waals surface area contributed by atoms with Crippen molar-refractivity contribution < 1.29 is 0 Å². The minimum absolute atomic E-state index is 0.396. The number of aromatic amines is 1. The number of aromatic nitrogens is 2. The molecule has 92 valence electrons. The van der Waals surface area contributed by atoms with E-state index in [1.165, 1.54) is 0 Å². The topological polar surface area (TPSA) is 65.1 Å². The lowest BCUT2D eigenvalue weighted by Crippen LogP contribution is -2.23. The lowest BCUT2D eigenvalue weighted by molar-refractivity contribution is 1.04. The van der Waals surface area contributed by atoms with Crippen molar-refractivity contribution in [3.05, 3.63) is 47.2 Å². The third-order valence-corrected chi connectivity index (χ3v) is 2.44. The fourth-order valence-electron chi connectivity index (χ4n) is 1.19. The van der Waals surface area contributed by atoms with Crippen molar-refractivity contribution in [3.8, 4) is 0 Å². The Bertz CT molecular complexity index is 535. The first kappa shape index (κ1) is 12.5. The van der Waals surface area contributed by atoms with Crippen LogP contribution in [-0.2, 0) is 0 Å². The highest BCUT2D eigenvalue weighted by Crippen LogP contribution is 2.12. The second-order valence-corrected chi connectivity index (χ2v) is 4.19. The summed E-state index contributed by atoms with van der Waals surface area (Å²) in [5, 5.41) is 14.5. The normalized spacial score (nSPS) is 10.5. The molecule has 0 fully saturated rings. The molecule has 1 heterocycles. The SMILES string of the molecule is S=C(NN=Cc1ccn[nH]1)Nc1ccc(Cl)cc1. The molecular weight excluding hydrogens is 270 g/mol. The van der Waals surface area contributed by atoms with Crippen molar-refractivity contribution in [2.75, 3.05) is 5.32 Å². The van der Waals surface area contributed by atoms with Gasteiger partial charge < -0.3 is 5.32 Å². The number of nitrogens with zero attached hydrogens (tertiary/aromatic N) is 2. The van der Waals surface area contributed by atoms with E-state index in [1.54, 1.807) is 30.6 Å². The van der Waals surface area contributed by atoms with Gasteiger partial charge in [-0.1, -0.05) is 11.6 Å². The van der Waals surface area contributed by atoms with Crippen LogP contribution in [0, 0.1) is 0 Å². The van der Waals surface area contributed by atoms with Gasteiger partial charge in [0.25, 0.3) is 0 Å². The fourth-order valence-corrected chi connectivity index (χ4v) is 1.49. The molecule has 0 spiro atoms. The van der Waals surface area contributed by atoms with Crippen LogP contribution in [0.2, 0.25) is 5.02 Å². The van der Waals surface area contributed by atoms with Crippen LogP contribution >= 0.6 is 23.8 Å². The van der Waals surface area contributed by atoms with Crippen molar-refractivity contribution in [2.24, 2.45) is 5.10 Å². The zero-order chi connectivity index (χ0) is 12.8. The molecule has 2 aromatic rings. The van der Waals surface area contributed by atoms with Crippen molar-refractivity contribution in [1.82, 2.24) is 15.6 Å². The van der Waals surface area contributed by atoms with Crippen molar-refractivity contribution in [2.45, 2.75) is 0 Å². The standard InChI is InChI=1S/C11H10ClN5S/c12-8-1-3-9(4-2-8)15-11(18)17-14-7-10-5-6-13-16-10/h1-7H,(H,13,16)(H2,15,17,18). The largest absolute Gasteiger partial charge is 0.331 e. The van der Waals surface area contributed by atoms with Gasteiger partial charge in [-0.15, -0.1) is 0 Å². The Morgan fingerprint density at radius 3 is 2.78 bits per heavy atom. The van der Waals surface area contributed by atoms with Crippen LogP contribution in [0.15, 0.2) is 41.6 Å². The minimum Gasteiger partial charge on any atom is -0.331 e. The summed E-state index contributed by atoms with van der Waals surface area (Å²) in [5.74, 6) is 0. The predicted molar refractivity (Wildman–Crippen MR) is 77.0 cm³/mol. The first-order valence-corrected chi connectivity index (χ1v) is 5.87. The number of rotatable bonds is 3. The second kappa shape index (κ2) is 6.13. The lowest BCUT2D eigenvalue weighted by Gasteiger charge is -2.06. The molecule has 0 aliphatic carbocycles. The van der Waals surface area contributed by atoms with Gasteiger partial charge in [0.05, 0.1) is 11.9 Å². The summed E-state index contributed by atoms with van der Waals surface area (Å²) in [6, 6.07) is 9.01. The summed E-state index contributed by atoms with van der Waals surface area (Å²) < 4.78 is 0. The smallest absolute Gasteiger partial charge is 0.191 e. The van der Waals surface area contributed by atoms with Gasteiger partial charge in [0.1, 0.15) is 0 Å². The number of benzene rings is 1. The molecule has 3 N–H and O–H groups in total. The van der Waals surface area contributed by atoms with E-state index in [-0.39, 0.29) is 0 Å². The molecule has 7 heteroatoms. The lowest BCUT2D eigenvalue weighted by atomic mass is 10.3. The van der Waals surface area contributed by atoms with Gasteiger partial charge in [-0.2, -0.15) is 10.2 Å². The van der Waals surface area contributed by atoms with E-state index in [1.807, 2.05) is 12.1 Å². The van der Waals surface area contributed by atoms with Gasteiger partial charge in [-0.05, 0) is 42.5 Å². The van der Waals surface area contributed by atoms with E-state index in [9.17, 15) is 0 Å². The maximum Gasteiger partial charge on any atom is 0.191 e. The predicted octanol–water partition coefficient (Wildman–Crippen LogP) is 2.38. The van der Waals surface area contributed by atoms with Crippen LogP contribution in [0.5, 0.6) is 0 Å². The Balaban J connectivity index is 1.84. The Morgan fingerprint density at radius 2 is 2.11 bits per heavy atom. The molecule has 0 saturated heterocycles. The van der Waals surface area contributed by atoms with E-state index < -0.39 is 0 Å². The molecule has 0 amide bonds. The number of H-pyrrole nitrogens is 1. The van der Waals surface area contributed by atoms with Crippen LogP contribution in [-0.4, -0.2) is 21.5 Å². The second-order valence-electron chi connectivity index (χ2n) is 3.34. The average Bonchev–Trinajstić information content (AvgIpc) is 2.85. The first-order valence-electron chi connectivity index (χ1n) is 5.09. The molecular formula is C11H10ClN5S. The molecule has 0 saturated carbocycles. The number of hydrogen-bond acceptors (Lipinski definition) is 3. The maximum atomic E-state index is 5.78. The zero-order valence-corrected chi connectivity index (χ0v) is 10.8. The molecule has 18 heavy (non-hydrogen) atoms. The van der Waals surface area contributed by atoms with E-state index in [0.29, 0.717) is 10.1 Å². The number of hydrazone groups is 1. The third kappa shape index (κ3) is 3.83. The van der Waals surface area contributed by atoms with Gasteiger partial charge in [-0.3, -0.25) is 10.5 Å². The number of hydrogen-bond donors (Lipinski definition) is 3. The third-order valence-electron chi connectivity index (χ3n) is 1.99. The number of thiocarbonyl (C=S) groups is 1. The molecule has 0 aliphatic heterocycles. The van der Waals surface area contributed by atoms with Gasteiger partial charge in [-0.25, -0.2) is 0 Å². The highest BCUT2D eigenvalue weighted by atomic mass is 35.5. The van der Waals surface area contributed by atoms with Crippen LogP contribution in [0.4, 0.5) is 5.69 Å². The van der Waals surface area contributed by atoms with Crippen LogP contribution in [0.1, 0.15) is 5.69 Å². The van der Waals surface area contributed by atoms with Gasteiger partial charge in [0.2, 0.25) is 0 Å². The summed E-state index contributed by atoms with van der Waals surface area (Å²) in [4.78, 5) is 0. The number of anilines is 1. The number of nitrogens with one attached hydrogen (secondary N) is 3. The van der Waals surface area contributed by atoms with E-state index >= 15 is 0 Å². The summed E-state index contributed by atoms with van der Waals surface area (Å²) in [7, 11) is 0. The molecule has 0 radical (unpaired) electrons. The van der Waals surface area contributed by atoms with Crippen molar-refractivity contribution in [1.29, 1.82) is 0 Å². The molecule has 5 nitrogen and oxygen atoms in total. The molecule has 0 atom stereocenters. The van der Waals surface area contributed by atoms with Crippen LogP contribution in [0.25, 0.3) is 0 Å². The molecule has 1 aromatic carbocycles. The first-order chi connectivity index (χ1) is 8.74. The molecule has 0 unspecified atom stereocenters. The monoisotopic (exact) mass is 279 g/mol. The Kier molecular flexibility index (Phi) is 4.27. The summed E-state index contributed by atoms with van der Waals surface area (Å²) in [6.45, 7) is 0. The van der Waals surface area contributed by atoms with E-state index in [4.69, 9.17) is 23.8 Å². The average molecular weight is 280 g/mol. The molecule has 1 aromatic heterocycles. The highest BCUT2D eigenvalue weighted by molar-refractivity contribution is 7.80. The zero-order valence-electron chi connectivity index (χ0n) is 9.22. The summed E-state index contributed by atoms with van der Waals surface area (Å²) >= 11 is 10.8. The molecule has 0 aliphatic rings. The van der Waals surface area contributed by atoms with Gasteiger partial charge >= 0.3 is 0 Å². The van der Waals surface area contributed by atoms with Gasteiger partial charge in [0.15, 0.2) is 5.11 Å². The number of halogens is 1. The van der Waals surface area contributed by atoms with E-state index in [2.05, 4.69) is 26.0 Å². The Hall–Kier alpha value is -1.92. The van der Waals surface area contributed by atoms with Gasteiger partial charge in [0, 0.05) is 16.9 Å². The maximum absolute atomic E-state index is 5.78. The minimum atomic E-state index is 0.396. The molecule has 0 bridgehead atoms. The van der Waals surface area contributed by atoms with Crippen molar-refractivity contribution >= 4 is 40.8 Å². The highest BCUT2D eigenvalue weighted by Gasteiger charge is 1.95. The quantitative estimate of drug-likeness (QED) is 0.459. The van der Waals surface area contributed by atoms with Crippen LogP contribution < -0.4 is 10.7 Å². The fraction of sp³-hybridized carbons (Fsp3) is 0. The molecule has 2 rings (SSSR count). The van der Waals surface area contributed by atoms with E-state index in [0.717, 1.165) is 11.4 Å². The van der Waals surface area contributed by atoms with Crippen molar-refractivity contribution in [3.63, 3.8) is 0 Å². The summed E-state index contributed by atoms with van der Waals surface area (Å²) in [5.41, 5.74) is 4.32.